The molecular formula is C13H17Cl2F. The van der Waals surface area contributed by atoms with E-state index in [0.717, 1.165) is 24.8 Å². The first-order valence-electron chi connectivity index (χ1n) is 5.57. The average Bonchev–Trinajstić information content (AvgIpc) is 2.19. The highest BCUT2D eigenvalue weighted by atomic mass is 35.5. The average molecular weight is 263 g/mol. The molecule has 0 saturated carbocycles. The van der Waals surface area contributed by atoms with Gasteiger partial charge in [0.05, 0.1) is 5.02 Å². The summed E-state index contributed by atoms with van der Waals surface area (Å²) in [5.41, 5.74) is 0.955. The van der Waals surface area contributed by atoms with E-state index in [1.54, 1.807) is 6.07 Å². The first-order chi connectivity index (χ1) is 7.49. The number of halogens is 3. The molecule has 0 fully saturated rings. The molecule has 1 rings (SSSR count). The second kappa shape index (κ2) is 6.46. The van der Waals surface area contributed by atoms with E-state index >= 15 is 0 Å². The molecule has 0 N–H and O–H groups in total. The van der Waals surface area contributed by atoms with Gasteiger partial charge in [0.25, 0.3) is 0 Å². The lowest BCUT2D eigenvalue weighted by molar-refractivity contribution is 0.543. The number of benzene rings is 1. The maximum Gasteiger partial charge on any atom is 0.142 e. The lowest BCUT2D eigenvalue weighted by Gasteiger charge is -2.11. The number of alkyl halides is 1. The van der Waals surface area contributed by atoms with Crippen molar-refractivity contribution in [1.82, 2.24) is 0 Å². The highest BCUT2D eigenvalue weighted by molar-refractivity contribution is 6.30. The topological polar surface area (TPSA) is 0 Å². The molecule has 0 radical (unpaired) electrons. The van der Waals surface area contributed by atoms with Crippen molar-refractivity contribution in [2.75, 3.05) is 0 Å². The number of hydrogen-bond acceptors (Lipinski definition) is 0. The van der Waals surface area contributed by atoms with Gasteiger partial charge in [0.1, 0.15) is 5.82 Å². The zero-order valence-electron chi connectivity index (χ0n) is 9.64. The summed E-state index contributed by atoms with van der Waals surface area (Å²) in [7, 11) is 0. The molecule has 3 heteroatoms. The summed E-state index contributed by atoms with van der Waals surface area (Å²) in [6, 6.07) is 4.93. The molecule has 0 spiro atoms. The molecule has 0 aliphatic carbocycles. The molecule has 0 aromatic heterocycles. The van der Waals surface area contributed by atoms with Crippen LogP contribution >= 0.6 is 23.2 Å². The Hall–Kier alpha value is -0.270. The van der Waals surface area contributed by atoms with Crippen LogP contribution in [0.1, 0.15) is 32.3 Å². The molecule has 0 saturated heterocycles. The summed E-state index contributed by atoms with van der Waals surface area (Å²) in [5, 5.41) is 0.340. The lowest BCUT2D eigenvalue weighted by atomic mass is 10.0. The van der Waals surface area contributed by atoms with Gasteiger partial charge in [-0.25, -0.2) is 4.39 Å². The molecule has 0 amide bonds. The van der Waals surface area contributed by atoms with Gasteiger partial charge in [-0.2, -0.15) is 0 Å². The van der Waals surface area contributed by atoms with E-state index < -0.39 is 0 Å². The highest BCUT2D eigenvalue weighted by Crippen LogP contribution is 2.20. The summed E-state index contributed by atoms with van der Waals surface area (Å²) in [6.07, 6.45) is 2.67. The number of aryl methyl sites for hydroxylation is 1. The van der Waals surface area contributed by atoms with Crippen molar-refractivity contribution in [1.29, 1.82) is 0 Å². The van der Waals surface area contributed by atoms with Gasteiger partial charge in [-0.1, -0.05) is 31.5 Å². The van der Waals surface area contributed by atoms with Crippen LogP contribution in [0.2, 0.25) is 5.02 Å². The van der Waals surface area contributed by atoms with Gasteiger partial charge in [-0.3, -0.25) is 0 Å². The van der Waals surface area contributed by atoms with Crippen LogP contribution in [0.25, 0.3) is 0 Å². The van der Waals surface area contributed by atoms with Crippen molar-refractivity contribution in [2.24, 2.45) is 5.92 Å². The van der Waals surface area contributed by atoms with E-state index in [4.69, 9.17) is 23.2 Å². The van der Waals surface area contributed by atoms with Crippen LogP contribution in [0.5, 0.6) is 0 Å². The predicted molar refractivity (Wildman–Crippen MR) is 68.8 cm³/mol. The zero-order chi connectivity index (χ0) is 12.1. The third-order valence-corrected chi connectivity index (χ3v) is 3.16. The van der Waals surface area contributed by atoms with E-state index in [9.17, 15) is 4.39 Å². The first kappa shape index (κ1) is 13.8. The minimum absolute atomic E-state index is 0.165. The van der Waals surface area contributed by atoms with Gasteiger partial charge in [-0.15, -0.1) is 11.6 Å². The van der Waals surface area contributed by atoms with Crippen LogP contribution in [0.3, 0.4) is 0 Å². The normalized spacial score (nSPS) is 13.1. The Morgan fingerprint density at radius 2 is 2.00 bits per heavy atom. The summed E-state index contributed by atoms with van der Waals surface area (Å²) < 4.78 is 13.1. The van der Waals surface area contributed by atoms with Crippen LogP contribution in [-0.4, -0.2) is 5.38 Å². The van der Waals surface area contributed by atoms with Crippen molar-refractivity contribution < 1.29 is 4.39 Å². The van der Waals surface area contributed by atoms with E-state index in [1.807, 2.05) is 6.07 Å². The molecule has 90 valence electrons. The van der Waals surface area contributed by atoms with Crippen molar-refractivity contribution >= 4 is 23.2 Å². The van der Waals surface area contributed by atoms with E-state index in [1.165, 1.54) is 6.07 Å². The molecule has 1 atom stereocenters. The Labute approximate surface area is 107 Å². The van der Waals surface area contributed by atoms with Gasteiger partial charge in [0.2, 0.25) is 0 Å². The standard InChI is InChI=1S/C13H17Cl2F/c1-9(2)7-11(14)5-3-10-4-6-12(15)13(16)8-10/h4,6,8-9,11H,3,5,7H2,1-2H3. The minimum atomic E-state index is -0.353. The molecule has 0 nitrogen and oxygen atoms in total. The number of rotatable bonds is 5. The molecule has 0 heterocycles. The van der Waals surface area contributed by atoms with Gasteiger partial charge in [-0.05, 0) is 42.9 Å². The second-order valence-electron chi connectivity index (χ2n) is 4.51. The van der Waals surface area contributed by atoms with Crippen LogP contribution < -0.4 is 0 Å². The number of hydrogen-bond donors (Lipinski definition) is 0. The van der Waals surface area contributed by atoms with Gasteiger partial charge >= 0.3 is 0 Å². The molecule has 16 heavy (non-hydrogen) atoms. The second-order valence-corrected chi connectivity index (χ2v) is 5.54. The van der Waals surface area contributed by atoms with Gasteiger partial charge < -0.3 is 0 Å². The molecule has 0 aliphatic heterocycles. The predicted octanol–water partition coefficient (Wildman–Crippen LogP) is 5.07. The fourth-order valence-electron chi connectivity index (χ4n) is 1.65. The Kier molecular flexibility index (Phi) is 5.57. The summed E-state index contributed by atoms with van der Waals surface area (Å²) in [6.45, 7) is 4.30. The Bertz CT molecular complexity index is 337. The third kappa shape index (κ3) is 4.71. The van der Waals surface area contributed by atoms with Gasteiger partial charge in [0.15, 0.2) is 0 Å². The van der Waals surface area contributed by atoms with E-state index in [2.05, 4.69) is 13.8 Å². The smallest absolute Gasteiger partial charge is 0.142 e. The molecule has 0 aliphatic rings. The maximum absolute atomic E-state index is 13.1. The molecule has 1 unspecified atom stereocenters. The first-order valence-corrected chi connectivity index (χ1v) is 6.38. The highest BCUT2D eigenvalue weighted by Gasteiger charge is 2.08. The Morgan fingerprint density at radius 3 is 2.56 bits per heavy atom. The SMILES string of the molecule is CC(C)CC(Cl)CCc1ccc(Cl)c(F)c1. The van der Waals surface area contributed by atoms with Crippen molar-refractivity contribution in [3.05, 3.63) is 34.6 Å². The van der Waals surface area contributed by atoms with E-state index in [-0.39, 0.29) is 16.2 Å². The van der Waals surface area contributed by atoms with Crippen molar-refractivity contribution in [2.45, 2.75) is 38.5 Å². The minimum Gasteiger partial charge on any atom is -0.205 e. The lowest BCUT2D eigenvalue weighted by Crippen LogP contribution is -2.05. The Morgan fingerprint density at radius 1 is 1.31 bits per heavy atom. The molecule has 1 aromatic rings. The van der Waals surface area contributed by atoms with Gasteiger partial charge in [0, 0.05) is 5.38 Å². The van der Waals surface area contributed by atoms with Crippen LogP contribution in [0.4, 0.5) is 4.39 Å². The summed E-state index contributed by atoms with van der Waals surface area (Å²) in [5.74, 6) is 0.249. The van der Waals surface area contributed by atoms with E-state index in [0.29, 0.717) is 5.92 Å². The quantitative estimate of drug-likeness (QED) is 0.651. The maximum atomic E-state index is 13.1. The fraction of sp³-hybridized carbons (Fsp3) is 0.538. The third-order valence-electron chi connectivity index (χ3n) is 2.46. The molecule has 1 aromatic carbocycles. The fourth-order valence-corrected chi connectivity index (χ4v) is 2.23. The van der Waals surface area contributed by atoms with Crippen LogP contribution in [-0.2, 0) is 6.42 Å². The van der Waals surface area contributed by atoms with Crippen LogP contribution in [0.15, 0.2) is 18.2 Å². The molecule has 0 bridgehead atoms. The van der Waals surface area contributed by atoms with Crippen LogP contribution in [0, 0.1) is 11.7 Å². The zero-order valence-corrected chi connectivity index (χ0v) is 11.2. The largest absolute Gasteiger partial charge is 0.205 e. The molecular weight excluding hydrogens is 246 g/mol. The monoisotopic (exact) mass is 262 g/mol. The summed E-state index contributed by atoms with van der Waals surface area (Å²) >= 11 is 11.8. The summed E-state index contributed by atoms with van der Waals surface area (Å²) in [4.78, 5) is 0. The Balaban J connectivity index is 2.45. The van der Waals surface area contributed by atoms with Crippen molar-refractivity contribution in [3.63, 3.8) is 0 Å². The van der Waals surface area contributed by atoms with Crippen molar-refractivity contribution in [3.8, 4) is 0 Å².